The molecule has 4 heteroatoms. The summed E-state index contributed by atoms with van der Waals surface area (Å²) in [5.41, 5.74) is 0. The van der Waals surface area contributed by atoms with Crippen LogP contribution in [0.1, 0.15) is 85.0 Å². The average Bonchev–Trinajstić information content (AvgIpc) is 2.43. The predicted octanol–water partition coefficient (Wildman–Crippen LogP) is 5.12. The Morgan fingerprint density at radius 3 is 1.82 bits per heavy atom. The lowest BCUT2D eigenvalue weighted by Gasteiger charge is -2.02. The van der Waals surface area contributed by atoms with Crippen molar-refractivity contribution in [1.29, 1.82) is 0 Å². The quantitative estimate of drug-likeness (QED) is 0.308. The van der Waals surface area contributed by atoms with Gasteiger partial charge in [0.05, 0.1) is 6.61 Å². The summed E-state index contributed by atoms with van der Waals surface area (Å²) < 4.78 is 4.89. The summed E-state index contributed by atoms with van der Waals surface area (Å²) in [7, 11) is 0. The van der Waals surface area contributed by atoms with Gasteiger partial charge in [0.1, 0.15) is 0 Å². The van der Waals surface area contributed by atoms with Crippen LogP contribution in [0.4, 0.5) is 0 Å². The molecule has 4 nitrogen and oxygen atoms in total. The zero-order chi connectivity index (χ0) is 17.1. The maximum atomic E-state index is 10.5. The maximum Gasteiger partial charge on any atom is 0.302 e. The molecule has 0 unspecified atom stereocenters. The molecule has 0 atom stereocenters. The highest BCUT2D eigenvalue weighted by Crippen LogP contribution is 2.08. The normalized spacial score (nSPS) is 10.1. The molecule has 0 radical (unpaired) electrons. The number of ether oxygens (including phenoxy) is 1. The van der Waals surface area contributed by atoms with Crippen LogP contribution in [0.15, 0.2) is 12.2 Å². The zero-order valence-corrected chi connectivity index (χ0v) is 14.6. The fourth-order valence-corrected chi connectivity index (χ4v) is 1.84. The second kappa shape index (κ2) is 19.7. The predicted molar refractivity (Wildman–Crippen MR) is 90.9 cm³/mol. The molecule has 0 aromatic rings. The summed E-state index contributed by atoms with van der Waals surface area (Å²) in [6.45, 7) is 5.37. The summed E-state index contributed by atoms with van der Waals surface area (Å²) in [5, 5.41) is 7.42. The Bertz CT molecular complexity index is 281. The summed E-state index contributed by atoms with van der Waals surface area (Å²) in [6.07, 6.45) is 17.1. The van der Waals surface area contributed by atoms with Crippen molar-refractivity contribution in [2.45, 2.75) is 85.0 Å². The molecule has 0 saturated carbocycles. The largest absolute Gasteiger partial charge is 0.481 e. The van der Waals surface area contributed by atoms with E-state index in [1.165, 1.54) is 64.7 Å². The van der Waals surface area contributed by atoms with E-state index in [-0.39, 0.29) is 5.97 Å². The second-order valence-corrected chi connectivity index (χ2v) is 5.38. The first-order chi connectivity index (χ1) is 10.5. The van der Waals surface area contributed by atoms with Gasteiger partial charge in [-0.05, 0) is 25.7 Å². The third-order valence-corrected chi connectivity index (χ3v) is 2.96. The molecule has 0 aliphatic heterocycles. The Balaban J connectivity index is 0. The SMILES string of the molecule is CC(=O)O.CCCCC=CCCCCCCCCOC(C)=O. The van der Waals surface area contributed by atoms with Crippen LogP contribution in [-0.2, 0) is 14.3 Å². The molecular formula is C18H34O4. The number of carboxylic acids is 1. The van der Waals surface area contributed by atoms with Gasteiger partial charge in [-0.15, -0.1) is 0 Å². The molecule has 0 spiro atoms. The van der Waals surface area contributed by atoms with Crippen molar-refractivity contribution in [2.24, 2.45) is 0 Å². The molecule has 130 valence electrons. The van der Waals surface area contributed by atoms with Gasteiger partial charge in [-0.1, -0.05) is 57.6 Å². The molecule has 0 rings (SSSR count). The van der Waals surface area contributed by atoms with Gasteiger partial charge in [0.25, 0.3) is 5.97 Å². The smallest absolute Gasteiger partial charge is 0.302 e. The summed E-state index contributed by atoms with van der Waals surface area (Å²) in [5.74, 6) is -0.995. The van der Waals surface area contributed by atoms with E-state index in [1.54, 1.807) is 0 Å². The van der Waals surface area contributed by atoms with Crippen LogP contribution < -0.4 is 0 Å². The van der Waals surface area contributed by atoms with Gasteiger partial charge in [-0.25, -0.2) is 0 Å². The lowest BCUT2D eigenvalue weighted by Crippen LogP contribution is -1.99. The second-order valence-electron chi connectivity index (χ2n) is 5.38. The summed E-state index contributed by atoms with van der Waals surface area (Å²) in [6, 6.07) is 0. The minimum atomic E-state index is -0.833. The van der Waals surface area contributed by atoms with E-state index in [2.05, 4.69) is 19.1 Å². The van der Waals surface area contributed by atoms with Crippen molar-refractivity contribution in [3.05, 3.63) is 12.2 Å². The number of hydrogen-bond acceptors (Lipinski definition) is 3. The molecule has 0 fully saturated rings. The van der Waals surface area contributed by atoms with Crippen molar-refractivity contribution in [3.8, 4) is 0 Å². The van der Waals surface area contributed by atoms with E-state index in [4.69, 9.17) is 14.6 Å². The molecule has 0 aromatic heterocycles. The van der Waals surface area contributed by atoms with Crippen LogP contribution in [-0.4, -0.2) is 23.7 Å². The zero-order valence-electron chi connectivity index (χ0n) is 14.6. The number of allylic oxidation sites excluding steroid dienone is 2. The number of carbonyl (C=O) groups is 2. The van der Waals surface area contributed by atoms with E-state index < -0.39 is 5.97 Å². The van der Waals surface area contributed by atoms with Crippen molar-refractivity contribution in [3.63, 3.8) is 0 Å². The van der Waals surface area contributed by atoms with Crippen LogP contribution in [0.25, 0.3) is 0 Å². The number of esters is 1. The fraction of sp³-hybridized carbons (Fsp3) is 0.778. The third kappa shape index (κ3) is 31.2. The van der Waals surface area contributed by atoms with Gasteiger partial charge in [-0.3, -0.25) is 9.59 Å². The summed E-state index contributed by atoms with van der Waals surface area (Å²) >= 11 is 0. The van der Waals surface area contributed by atoms with Gasteiger partial charge in [0, 0.05) is 13.8 Å². The Morgan fingerprint density at radius 1 is 0.864 bits per heavy atom. The molecule has 22 heavy (non-hydrogen) atoms. The number of rotatable bonds is 12. The van der Waals surface area contributed by atoms with Gasteiger partial charge in [0.15, 0.2) is 0 Å². The van der Waals surface area contributed by atoms with E-state index in [9.17, 15) is 4.79 Å². The van der Waals surface area contributed by atoms with E-state index in [0.29, 0.717) is 6.61 Å². The van der Waals surface area contributed by atoms with E-state index >= 15 is 0 Å². The van der Waals surface area contributed by atoms with Gasteiger partial charge in [0.2, 0.25) is 0 Å². The van der Waals surface area contributed by atoms with Gasteiger partial charge >= 0.3 is 5.97 Å². The highest BCUT2D eigenvalue weighted by molar-refractivity contribution is 5.65. The highest BCUT2D eigenvalue weighted by Gasteiger charge is 1.93. The molecule has 0 heterocycles. The molecule has 1 N–H and O–H groups in total. The number of unbranched alkanes of at least 4 members (excludes halogenated alkanes) is 8. The first kappa shape index (κ1) is 23.0. The Hall–Kier alpha value is -1.32. The number of hydrogen-bond donors (Lipinski definition) is 1. The fourth-order valence-electron chi connectivity index (χ4n) is 1.84. The van der Waals surface area contributed by atoms with Crippen molar-refractivity contribution >= 4 is 11.9 Å². The highest BCUT2D eigenvalue weighted by atomic mass is 16.5. The van der Waals surface area contributed by atoms with Crippen molar-refractivity contribution < 1.29 is 19.4 Å². The van der Waals surface area contributed by atoms with Gasteiger partial charge in [-0.2, -0.15) is 0 Å². The van der Waals surface area contributed by atoms with E-state index in [1.807, 2.05) is 0 Å². The van der Waals surface area contributed by atoms with Crippen molar-refractivity contribution in [2.75, 3.05) is 6.61 Å². The molecule has 0 bridgehead atoms. The lowest BCUT2D eigenvalue weighted by molar-refractivity contribution is -0.141. The van der Waals surface area contributed by atoms with Crippen LogP contribution in [0.2, 0.25) is 0 Å². The monoisotopic (exact) mass is 314 g/mol. The van der Waals surface area contributed by atoms with Gasteiger partial charge < -0.3 is 9.84 Å². The van der Waals surface area contributed by atoms with Crippen LogP contribution >= 0.6 is 0 Å². The summed E-state index contributed by atoms with van der Waals surface area (Å²) in [4.78, 5) is 19.5. The molecule has 0 saturated heterocycles. The molecule has 0 aliphatic rings. The van der Waals surface area contributed by atoms with Crippen molar-refractivity contribution in [1.82, 2.24) is 0 Å². The first-order valence-electron chi connectivity index (χ1n) is 8.48. The first-order valence-corrected chi connectivity index (χ1v) is 8.48. The average molecular weight is 314 g/mol. The van der Waals surface area contributed by atoms with Crippen LogP contribution in [0, 0.1) is 0 Å². The standard InChI is InChI=1S/C16H30O2.C2H4O2/c1-3-4-5-6-7-8-9-10-11-12-13-14-15-18-16(2)17;1-2(3)4/h6-7H,3-5,8-15H2,1-2H3;1H3,(H,3,4). The molecule has 0 amide bonds. The Labute approximate surface area is 135 Å². The van der Waals surface area contributed by atoms with E-state index in [0.717, 1.165) is 13.3 Å². The Morgan fingerprint density at radius 2 is 1.32 bits per heavy atom. The Kier molecular flexibility index (Phi) is 20.5. The maximum absolute atomic E-state index is 10.5. The van der Waals surface area contributed by atoms with Crippen LogP contribution in [0.5, 0.6) is 0 Å². The minimum Gasteiger partial charge on any atom is -0.481 e. The number of carbonyl (C=O) groups excluding carboxylic acids is 1. The lowest BCUT2D eigenvalue weighted by atomic mass is 10.1. The number of aliphatic carboxylic acids is 1. The van der Waals surface area contributed by atoms with Crippen LogP contribution in [0.3, 0.4) is 0 Å². The molecule has 0 aliphatic carbocycles. The number of carboxylic acid groups (broad SMARTS) is 1. The molecular weight excluding hydrogens is 280 g/mol. The topological polar surface area (TPSA) is 63.6 Å². The minimum absolute atomic E-state index is 0.162. The third-order valence-electron chi connectivity index (χ3n) is 2.96. The molecule has 0 aromatic carbocycles.